The molecule has 0 unspecified atom stereocenters. The highest BCUT2D eigenvalue weighted by Gasteiger charge is 2.06. The van der Waals surface area contributed by atoms with Crippen LogP contribution in [-0.4, -0.2) is 13.6 Å². The maximum absolute atomic E-state index is 5.41. The maximum Gasteiger partial charge on any atom is 0.0555 e. The third kappa shape index (κ3) is 3.13. The Morgan fingerprint density at radius 3 is 2.72 bits per heavy atom. The number of benzene rings is 1. The number of thiophene rings is 1. The van der Waals surface area contributed by atoms with Crippen molar-refractivity contribution >= 4 is 17.0 Å². The molecule has 1 aromatic carbocycles. The molecule has 2 aromatic rings. The fourth-order valence-corrected chi connectivity index (χ4v) is 2.59. The molecule has 92 valence electrons. The second-order valence-corrected chi connectivity index (χ2v) is 4.96. The zero-order valence-corrected chi connectivity index (χ0v) is 11.2. The number of nitrogens with zero attached hydrogens (tertiary/aromatic N) is 1. The summed E-state index contributed by atoms with van der Waals surface area (Å²) in [5.74, 6) is 6.03. The van der Waals surface area contributed by atoms with Crippen molar-refractivity contribution in [3.05, 3.63) is 52.2 Å². The van der Waals surface area contributed by atoms with Crippen LogP contribution in [0.4, 0.5) is 5.69 Å². The average molecular weight is 256 g/mol. The Morgan fingerprint density at radius 2 is 2.00 bits per heavy atom. The molecule has 2 nitrogen and oxygen atoms in total. The van der Waals surface area contributed by atoms with Crippen LogP contribution in [0.15, 0.2) is 41.8 Å². The molecule has 1 heterocycles. The molecular weight excluding hydrogens is 240 g/mol. The highest BCUT2D eigenvalue weighted by atomic mass is 32.1. The summed E-state index contributed by atoms with van der Waals surface area (Å²) in [6.45, 7) is 1.28. The molecule has 2 rings (SSSR count). The molecule has 0 saturated carbocycles. The lowest BCUT2D eigenvalue weighted by molar-refractivity contribution is 0.938. The predicted octanol–water partition coefficient (Wildman–Crippen LogP) is 2.69. The number of hydrogen-bond acceptors (Lipinski definition) is 3. The van der Waals surface area contributed by atoms with Gasteiger partial charge >= 0.3 is 0 Å². The number of anilines is 1. The van der Waals surface area contributed by atoms with E-state index in [2.05, 4.69) is 59.5 Å². The molecule has 0 amide bonds. The van der Waals surface area contributed by atoms with E-state index in [1.54, 1.807) is 11.3 Å². The number of para-hydroxylation sites is 1. The monoisotopic (exact) mass is 256 g/mol. The van der Waals surface area contributed by atoms with Gasteiger partial charge in [0.15, 0.2) is 0 Å². The summed E-state index contributed by atoms with van der Waals surface area (Å²) in [4.78, 5) is 3.50. The fourth-order valence-electron chi connectivity index (χ4n) is 1.71. The highest BCUT2D eigenvalue weighted by molar-refractivity contribution is 7.10. The molecule has 0 bridgehead atoms. The lowest BCUT2D eigenvalue weighted by Gasteiger charge is -2.18. The lowest BCUT2D eigenvalue weighted by Crippen LogP contribution is -2.15. The van der Waals surface area contributed by atoms with E-state index in [0.29, 0.717) is 6.54 Å². The Labute approximate surface area is 112 Å². The summed E-state index contributed by atoms with van der Waals surface area (Å²) >= 11 is 1.74. The van der Waals surface area contributed by atoms with Crippen molar-refractivity contribution in [1.82, 2.24) is 0 Å². The third-order valence-corrected chi connectivity index (χ3v) is 3.55. The number of hydrogen-bond donors (Lipinski definition) is 1. The van der Waals surface area contributed by atoms with Crippen molar-refractivity contribution in [1.29, 1.82) is 0 Å². The summed E-state index contributed by atoms with van der Waals surface area (Å²) in [7, 11) is 2.09. The van der Waals surface area contributed by atoms with Gasteiger partial charge in [-0.2, -0.15) is 0 Å². The zero-order chi connectivity index (χ0) is 12.8. The van der Waals surface area contributed by atoms with E-state index >= 15 is 0 Å². The van der Waals surface area contributed by atoms with Crippen molar-refractivity contribution in [3.8, 4) is 11.8 Å². The minimum atomic E-state index is 0.407. The molecule has 0 spiro atoms. The molecule has 1 aromatic heterocycles. The SMILES string of the molecule is CN(Cc1sccc1C#CCN)c1ccccc1. The molecule has 0 radical (unpaired) electrons. The topological polar surface area (TPSA) is 29.3 Å². The summed E-state index contributed by atoms with van der Waals surface area (Å²) in [6, 6.07) is 12.4. The standard InChI is InChI=1S/C15H16N2S/c1-17(14-7-3-2-4-8-14)12-15-13(6-5-10-16)9-11-18-15/h2-4,7-9,11H,10,12,16H2,1H3. The van der Waals surface area contributed by atoms with Crippen LogP contribution < -0.4 is 10.6 Å². The van der Waals surface area contributed by atoms with Gasteiger partial charge in [0.1, 0.15) is 0 Å². The summed E-state index contributed by atoms with van der Waals surface area (Å²) in [6.07, 6.45) is 0. The van der Waals surface area contributed by atoms with E-state index in [0.717, 1.165) is 12.1 Å². The van der Waals surface area contributed by atoms with Crippen LogP contribution in [0, 0.1) is 11.8 Å². The van der Waals surface area contributed by atoms with E-state index in [1.807, 2.05) is 6.07 Å². The van der Waals surface area contributed by atoms with Gasteiger partial charge in [-0.1, -0.05) is 30.0 Å². The average Bonchev–Trinajstić information content (AvgIpc) is 2.84. The fraction of sp³-hybridized carbons (Fsp3) is 0.200. The van der Waals surface area contributed by atoms with Crippen molar-refractivity contribution < 1.29 is 0 Å². The van der Waals surface area contributed by atoms with E-state index in [1.165, 1.54) is 10.6 Å². The highest BCUT2D eigenvalue weighted by Crippen LogP contribution is 2.21. The Morgan fingerprint density at radius 1 is 1.22 bits per heavy atom. The van der Waals surface area contributed by atoms with Crippen molar-refractivity contribution in [2.24, 2.45) is 5.73 Å². The van der Waals surface area contributed by atoms with Gasteiger partial charge in [0, 0.05) is 23.2 Å². The molecule has 0 fully saturated rings. The Balaban J connectivity index is 2.12. The molecular formula is C15H16N2S. The van der Waals surface area contributed by atoms with E-state index < -0.39 is 0 Å². The van der Waals surface area contributed by atoms with Crippen LogP contribution in [0.2, 0.25) is 0 Å². The Bertz CT molecular complexity index is 549. The van der Waals surface area contributed by atoms with E-state index in [-0.39, 0.29) is 0 Å². The lowest BCUT2D eigenvalue weighted by atomic mass is 10.2. The Kier molecular flexibility index (Phi) is 4.40. The molecule has 3 heteroatoms. The van der Waals surface area contributed by atoms with Crippen LogP contribution in [0.5, 0.6) is 0 Å². The molecule has 0 aliphatic carbocycles. The first-order valence-corrected chi connectivity index (χ1v) is 6.70. The van der Waals surface area contributed by atoms with Crippen LogP contribution >= 0.6 is 11.3 Å². The molecule has 0 saturated heterocycles. The zero-order valence-electron chi connectivity index (χ0n) is 10.4. The van der Waals surface area contributed by atoms with Crippen LogP contribution in [-0.2, 0) is 6.54 Å². The first-order valence-electron chi connectivity index (χ1n) is 5.82. The van der Waals surface area contributed by atoms with Gasteiger partial charge in [0.05, 0.1) is 13.1 Å². The van der Waals surface area contributed by atoms with Gasteiger partial charge in [-0.05, 0) is 23.6 Å². The molecule has 0 atom stereocenters. The van der Waals surface area contributed by atoms with E-state index in [9.17, 15) is 0 Å². The normalized spacial score (nSPS) is 9.67. The first kappa shape index (κ1) is 12.7. The van der Waals surface area contributed by atoms with Gasteiger partial charge in [0.25, 0.3) is 0 Å². The van der Waals surface area contributed by atoms with Crippen LogP contribution in [0.1, 0.15) is 10.4 Å². The minimum absolute atomic E-state index is 0.407. The van der Waals surface area contributed by atoms with Crippen molar-refractivity contribution in [2.45, 2.75) is 6.54 Å². The van der Waals surface area contributed by atoms with Crippen LogP contribution in [0.25, 0.3) is 0 Å². The van der Waals surface area contributed by atoms with Crippen LogP contribution in [0.3, 0.4) is 0 Å². The largest absolute Gasteiger partial charge is 0.369 e. The molecule has 18 heavy (non-hydrogen) atoms. The van der Waals surface area contributed by atoms with Gasteiger partial charge in [0.2, 0.25) is 0 Å². The predicted molar refractivity (Wildman–Crippen MR) is 78.8 cm³/mol. The summed E-state index contributed by atoms with van der Waals surface area (Å²) in [5, 5.41) is 2.08. The van der Waals surface area contributed by atoms with Gasteiger partial charge in [-0.15, -0.1) is 11.3 Å². The third-order valence-electron chi connectivity index (χ3n) is 2.65. The van der Waals surface area contributed by atoms with Gasteiger partial charge in [-0.3, -0.25) is 0 Å². The second-order valence-electron chi connectivity index (χ2n) is 3.95. The number of nitrogens with two attached hydrogens (primary N) is 1. The first-order chi connectivity index (χ1) is 8.81. The van der Waals surface area contributed by atoms with E-state index in [4.69, 9.17) is 5.73 Å². The number of rotatable bonds is 3. The van der Waals surface area contributed by atoms with Crippen molar-refractivity contribution in [2.75, 3.05) is 18.5 Å². The maximum atomic E-state index is 5.41. The summed E-state index contributed by atoms with van der Waals surface area (Å²) < 4.78 is 0. The van der Waals surface area contributed by atoms with Gasteiger partial charge in [-0.25, -0.2) is 0 Å². The molecule has 0 aliphatic rings. The quantitative estimate of drug-likeness (QED) is 0.856. The Hall–Kier alpha value is -1.76. The minimum Gasteiger partial charge on any atom is -0.369 e. The second kappa shape index (κ2) is 6.25. The van der Waals surface area contributed by atoms with Crippen molar-refractivity contribution in [3.63, 3.8) is 0 Å². The molecule has 2 N–H and O–H groups in total. The smallest absolute Gasteiger partial charge is 0.0555 e. The summed E-state index contributed by atoms with van der Waals surface area (Å²) in [5.41, 5.74) is 7.71. The molecule has 0 aliphatic heterocycles. The van der Waals surface area contributed by atoms with Gasteiger partial charge < -0.3 is 10.6 Å².